The molecule has 0 saturated heterocycles. The van der Waals surface area contributed by atoms with Crippen LogP contribution in [0.15, 0.2) is 6.07 Å². The number of aromatic nitrogens is 1. The summed E-state index contributed by atoms with van der Waals surface area (Å²) in [5.41, 5.74) is 2.09. The number of hydrogen-bond donors (Lipinski definition) is 6. The third kappa shape index (κ3) is 15.6. The standard InChI is InChI=1S/C33H57N7O6.2ClH.Mn/c1-43-17-19-45-15-13-36-32(41)24-21-25(33(42)37-14-16-46-20-18-44-2)31-23-39-29-10-6-4-8-27(29)35-12-11-34-26-7-3-5-9-28(26)38-22-30(24)40-31;;;/h21,26-29,34-35,38-39H,3-20,22-23H2,1-2H3,(H,36,41)(H,37,42);2*1H;/q;;;+2/p-2/t26-,27-,28-,29-;;;/m1.../s1. The summed E-state index contributed by atoms with van der Waals surface area (Å²) < 4.78 is 21.1. The topological polar surface area (TPSA) is 156 Å². The number of methoxy groups -OCH3 is 2. The van der Waals surface area contributed by atoms with Gasteiger partial charge < -0.3 is 50.8 Å². The Balaban J connectivity index is 0.00000209. The van der Waals surface area contributed by atoms with Gasteiger partial charge in [-0.15, -0.1) is 0 Å². The van der Waals surface area contributed by atoms with Gasteiger partial charge in [0.05, 0.1) is 62.2 Å². The second kappa shape index (κ2) is 25.8. The number of halogens is 2. The van der Waals surface area contributed by atoms with E-state index in [0.717, 1.165) is 38.8 Å². The summed E-state index contributed by atoms with van der Waals surface area (Å²) in [6.45, 7) is 5.99. The van der Waals surface area contributed by atoms with Crippen LogP contribution in [0.4, 0.5) is 0 Å². The first-order valence-electron chi connectivity index (χ1n) is 17.5. The van der Waals surface area contributed by atoms with Gasteiger partial charge in [-0.2, -0.15) is 0 Å². The van der Waals surface area contributed by atoms with Crippen LogP contribution < -0.4 is 31.9 Å². The van der Waals surface area contributed by atoms with Gasteiger partial charge in [-0.25, -0.2) is 0 Å². The summed E-state index contributed by atoms with van der Waals surface area (Å²) in [4.78, 5) is 32.3. The summed E-state index contributed by atoms with van der Waals surface area (Å²) in [6.07, 6.45) is 9.14. The third-order valence-electron chi connectivity index (χ3n) is 9.13. The SMILES string of the molecule is COCCOCCNC(=O)c1cc(C(=O)NCCOCCOC)c2nc1CN[C@@H]1CCCC[C@H]1NCCN[C@@H]1CCCC[C@H]1NC2.[Cl][Mn][Cl]. The van der Waals surface area contributed by atoms with E-state index in [-0.39, 0.29) is 37.0 Å². The molecule has 1 aromatic heterocycles. The second-order valence-electron chi connectivity index (χ2n) is 12.4. The molecular weight excluding hydrogens is 716 g/mol. The van der Waals surface area contributed by atoms with E-state index < -0.39 is 0 Å². The summed E-state index contributed by atoms with van der Waals surface area (Å²) in [5, 5.41) is 21.0. The van der Waals surface area contributed by atoms with Crippen LogP contribution in [0.5, 0.6) is 0 Å². The summed E-state index contributed by atoms with van der Waals surface area (Å²) in [5.74, 6) is -0.548. The monoisotopic (exact) mass is 772 g/mol. The maximum atomic E-state index is 13.6. The van der Waals surface area contributed by atoms with Crippen molar-refractivity contribution in [2.75, 3.05) is 80.0 Å². The van der Waals surface area contributed by atoms with Gasteiger partial charge in [-0.3, -0.25) is 14.6 Å². The molecule has 281 valence electrons. The number of carbonyl (C=O) groups excluding carboxylic acids is 2. The van der Waals surface area contributed by atoms with Crippen molar-refractivity contribution < 1.29 is 41.7 Å². The van der Waals surface area contributed by atoms with E-state index in [1.165, 1.54) is 25.7 Å². The first kappa shape index (κ1) is 42.3. The molecule has 2 fully saturated rings. The zero-order valence-corrected chi connectivity index (χ0v) is 31.8. The zero-order valence-electron chi connectivity index (χ0n) is 29.1. The molecule has 0 aromatic carbocycles. The number of amides is 2. The van der Waals surface area contributed by atoms with Crippen LogP contribution in [0.2, 0.25) is 0 Å². The van der Waals surface area contributed by atoms with Crippen LogP contribution in [-0.2, 0) is 45.2 Å². The Morgan fingerprint density at radius 3 is 1.47 bits per heavy atom. The number of fused-ring (bicyclic) bond motifs is 4. The van der Waals surface area contributed by atoms with Crippen molar-refractivity contribution in [3.05, 3.63) is 28.6 Å². The molecule has 2 aliphatic carbocycles. The first-order chi connectivity index (χ1) is 24.0. The molecule has 6 N–H and O–H groups in total. The molecule has 16 heteroatoms. The molecule has 1 aliphatic heterocycles. The molecule has 2 saturated carbocycles. The van der Waals surface area contributed by atoms with E-state index in [9.17, 15) is 9.59 Å². The van der Waals surface area contributed by atoms with Crippen molar-refractivity contribution in [2.24, 2.45) is 0 Å². The Labute approximate surface area is 306 Å². The second-order valence-corrected chi connectivity index (χ2v) is 14.4. The van der Waals surface area contributed by atoms with Crippen LogP contribution in [0, 0.1) is 0 Å². The molecule has 2 bridgehead atoms. The molecule has 0 radical (unpaired) electrons. The summed E-state index contributed by atoms with van der Waals surface area (Å²) in [7, 11) is 12.8. The Hall–Kier alpha value is -1.13. The van der Waals surface area contributed by atoms with Crippen LogP contribution in [0.1, 0.15) is 83.5 Å². The van der Waals surface area contributed by atoms with E-state index in [1.54, 1.807) is 20.3 Å². The van der Waals surface area contributed by atoms with Gasteiger partial charge in [0.15, 0.2) is 0 Å². The van der Waals surface area contributed by atoms with Crippen LogP contribution in [0.25, 0.3) is 0 Å². The number of hydrogen-bond acceptors (Lipinski definition) is 11. The number of nitrogens with one attached hydrogen (secondary N) is 6. The molecule has 2 amide bonds. The predicted molar refractivity (Wildman–Crippen MR) is 188 cm³/mol. The van der Waals surface area contributed by atoms with Gasteiger partial charge in [0.25, 0.3) is 11.8 Å². The van der Waals surface area contributed by atoms with Gasteiger partial charge in [-0.1, -0.05) is 25.7 Å². The normalized spacial score (nSPS) is 23.0. The van der Waals surface area contributed by atoms with Gasteiger partial charge in [-0.05, 0) is 31.7 Å². The number of nitrogens with zero attached hydrogens (tertiary/aromatic N) is 1. The minimum atomic E-state index is -0.274. The van der Waals surface area contributed by atoms with Crippen molar-refractivity contribution in [1.82, 2.24) is 36.9 Å². The fourth-order valence-electron chi connectivity index (χ4n) is 6.62. The van der Waals surface area contributed by atoms with Gasteiger partial charge in [0, 0.05) is 77.7 Å². The van der Waals surface area contributed by atoms with E-state index in [2.05, 4.69) is 31.9 Å². The average Bonchev–Trinajstić information content (AvgIpc) is 3.12. The van der Waals surface area contributed by atoms with Crippen molar-refractivity contribution in [2.45, 2.75) is 88.6 Å². The van der Waals surface area contributed by atoms with Crippen molar-refractivity contribution in [3.8, 4) is 0 Å². The Morgan fingerprint density at radius 2 is 1.08 bits per heavy atom. The number of pyridine rings is 1. The van der Waals surface area contributed by atoms with Crippen LogP contribution in [-0.4, -0.2) is 121 Å². The first-order valence-corrected chi connectivity index (χ1v) is 20.8. The fraction of sp³-hybridized carbons (Fsp3) is 0.788. The summed E-state index contributed by atoms with van der Waals surface area (Å²) in [6, 6.07) is 2.98. The van der Waals surface area contributed by atoms with Gasteiger partial charge in [0.2, 0.25) is 0 Å². The predicted octanol–water partition coefficient (Wildman–Crippen LogP) is 2.24. The number of carbonyl (C=O) groups is 2. The van der Waals surface area contributed by atoms with Crippen molar-refractivity contribution >= 4 is 32.0 Å². The molecule has 13 nitrogen and oxygen atoms in total. The van der Waals surface area contributed by atoms with Crippen molar-refractivity contribution in [1.29, 1.82) is 0 Å². The molecule has 4 rings (SSSR count). The van der Waals surface area contributed by atoms with E-state index in [4.69, 9.17) is 44.1 Å². The molecule has 0 spiro atoms. The number of rotatable bonds is 14. The van der Waals surface area contributed by atoms with E-state index in [1.807, 2.05) is 0 Å². The molecular formula is C33H57Cl2MnN7O6. The zero-order chi connectivity index (χ0) is 35.1. The Bertz CT molecular complexity index is 1020. The van der Waals surface area contributed by atoms with E-state index in [0.29, 0.717) is 100 Å². The van der Waals surface area contributed by atoms with Crippen LogP contribution >= 0.6 is 20.2 Å². The molecule has 49 heavy (non-hydrogen) atoms. The van der Waals surface area contributed by atoms with Gasteiger partial charge in [0.1, 0.15) is 0 Å². The molecule has 2 heterocycles. The number of ether oxygens (including phenoxy) is 4. The molecule has 0 unspecified atom stereocenters. The molecule has 4 atom stereocenters. The summed E-state index contributed by atoms with van der Waals surface area (Å²) >= 11 is 0.00694. The molecule has 3 aliphatic rings. The van der Waals surface area contributed by atoms with E-state index >= 15 is 0 Å². The molecule has 1 aromatic rings. The fourth-order valence-corrected chi connectivity index (χ4v) is 6.62. The maximum absolute atomic E-state index is 13.6. The minimum absolute atomic E-state index is 0.00694. The third-order valence-corrected chi connectivity index (χ3v) is 9.13. The average molecular weight is 774 g/mol. The quantitative estimate of drug-likeness (QED) is 0.122. The van der Waals surface area contributed by atoms with Crippen LogP contribution in [0.3, 0.4) is 0 Å². The Morgan fingerprint density at radius 1 is 0.694 bits per heavy atom. The van der Waals surface area contributed by atoms with Crippen molar-refractivity contribution in [3.63, 3.8) is 0 Å². The van der Waals surface area contributed by atoms with Gasteiger partial charge >= 0.3 is 33.3 Å². The Kier molecular flexibility index (Phi) is 22.2.